The molecule has 0 spiro atoms. The van der Waals surface area contributed by atoms with Crippen molar-refractivity contribution in [2.24, 2.45) is 11.8 Å². The average Bonchev–Trinajstić information content (AvgIpc) is 3.67. The summed E-state index contributed by atoms with van der Waals surface area (Å²) < 4.78 is 25.4. The van der Waals surface area contributed by atoms with Gasteiger partial charge in [0.05, 0.1) is 55.1 Å². The number of aromatic nitrogens is 2. The van der Waals surface area contributed by atoms with Crippen molar-refractivity contribution in [3.8, 4) is 22.8 Å². The zero-order chi connectivity index (χ0) is 26.6. The van der Waals surface area contributed by atoms with Gasteiger partial charge in [-0.2, -0.15) is 5.10 Å². The fourth-order valence-corrected chi connectivity index (χ4v) is 5.39. The van der Waals surface area contributed by atoms with E-state index in [2.05, 4.69) is 46.7 Å². The fourth-order valence-electron chi connectivity index (χ4n) is 5.39. The van der Waals surface area contributed by atoms with Crippen molar-refractivity contribution in [2.45, 2.75) is 52.7 Å². The first kappa shape index (κ1) is 26.6. The summed E-state index contributed by atoms with van der Waals surface area (Å²) in [6, 6.07) is 10.5. The second-order valence-corrected chi connectivity index (χ2v) is 10.6. The maximum atomic E-state index is 5.90. The molecule has 204 valence electrons. The van der Waals surface area contributed by atoms with Crippen molar-refractivity contribution in [3.05, 3.63) is 53.7 Å². The third-order valence-electron chi connectivity index (χ3n) is 7.47. The van der Waals surface area contributed by atoms with E-state index in [4.69, 9.17) is 24.0 Å². The summed E-state index contributed by atoms with van der Waals surface area (Å²) in [5.74, 6) is 2.66. The lowest BCUT2D eigenvalue weighted by molar-refractivity contribution is 0.0655. The van der Waals surface area contributed by atoms with Crippen molar-refractivity contribution < 1.29 is 18.9 Å². The highest BCUT2D eigenvalue weighted by atomic mass is 16.5. The van der Waals surface area contributed by atoms with Crippen LogP contribution in [0.4, 0.5) is 5.69 Å². The van der Waals surface area contributed by atoms with Gasteiger partial charge in [0.15, 0.2) is 0 Å². The van der Waals surface area contributed by atoms with E-state index in [1.165, 1.54) is 5.69 Å². The van der Waals surface area contributed by atoms with Gasteiger partial charge in [0.1, 0.15) is 11.5 Å². The minimum Gasteiger partial charge on any atom is -0.496 e. The number of anilines is 1. The van der Waals surface area contributed by atoms with Gasteiger partial charge in [-0.1, -0.05) is 25.1 Å². The number of aryl methyl sites for hydroxylation is 1. The molecule has 2 aromatic heterocycles. The number of hydrogen-bond donors (Lipinski definition) is 0. The predicted octanol–water partition coefficient (Wildman–Crippen LogP) is 5.92. The molecule has 1 aliphatic carbocycles. The van der Waals surface area contributed by atoms with E-state index in [0.717, 1.165) is 85.1 Å². The van der Waals surface area contributed by atoms with Crippen molar-refractivity contribution >= 4 is 11.2 Å². The Hall–Kier alpha value is -3.03. The van der Waals surface area contributed by atoms with Crippen LogP contribution in [0.15, 0.2) is 42.5 Å². The molecule has 3 aromatic rings. The first-order chi connectivity index (χ1) is 18.5. The molecule has 1 saturated heterocycles. The quantitative estimate of drug-likeness (QED) is 0.277. The highest BCUT2D eigenvalue weighted by molar-refractivity contribution is 5.82. The van der Waals surface area contributed by atoms with Crippen molar-refractivity contribution in [3.63, 3.8) is 0 Å². The van der Waals surface area contributed by atoms with E-state index in [1.54, 1.807) is 14.2 Å². The topological polar surface area (TPSA) is 57.5 Å². The summed E-state index contributed by atoms with van der Waals surface area (Å²) in [6.07, 6.45) is 7.81. The standard InChI is InChI=1S/C31H41N3O4/c1-6-25-31(33(18-22-10-11-22)19-23-12-14-37-15-13-23)27-9-7-8-26(34(27)32-25)30-28(35-4)16-24(17-29(30)36-5)20-38-21(2)3/h7-11,16-17,21-23H,6,12-15,18-20H2,1-5H3. The second kappa shape index (κ2) is 11.8. The Morgan fingerprint density at radius 2 is 1.76 bits per heavy atom. The molecule has 3 heterocycles. The summed E-state index contributed by atoms with van der Waals surface area (Å²) in [6.45, 7) is 10.5. The summed E-state index contributed by atoms with van der Waals surface area (Å²) in [5, 5.41) is 5.18. The summed E-state index contributed by atoms with van der Waals surface area (Å²) in [7, 11) is 3.41. The van der Waals surface area contributed by atoms with Gasteiger partial charge in [0.2, 0.25) is 0 Å². The van der Waals surface area contributed by atoms with Gasteiger partial charge in [0.25, 0.3) is 0 Å². The van der Waals surface area contributed by atoms with Gasteiger partial charge < -0.3 is 23.8 Å². The third kappa shape index (κ3) is 5.69. The Labute approximate surface area is 226 Å². The molecule has 7 heteroatoms. The van der Waals surface area contributed by atoms with E-state index in [-0.39, 0.29) is 6.10 Å². The summed E-state index contributed by atoms with van der Waals surface area (Å²) >= 11 is 0. The number of fused-ring (bicyclic) bond motifs is 1. The number of rotatable bonds is 12. The summed E-state index contributed by atoms with van der Waals surface area (Å²) in [5.41, 5.74) is 6.33. The van der Waals surface area contributed by atoms with E-state index < -0.39 is 0 Å². The van der Waals surface area contributed by atoms with Crippen molar-refractivity contribution in [1.29, 1.82) is 0 Å². The van der Waals surface area contributed by atoms with Crippen LogP contribution >= 0.6 is 0 Å². The van der Waals surface area contributed by atoms with Crippen molar-refractivity contribution in [1.82, 2.24) is 9.61 Å². The van der Waals surface area contributed by atoms with Crippen LogP contribution in [0.5, 0.6) is 11.5 Å². The van der Waals surface area contributed by atoms with Gasteiger partial charge in [-0.05, 0) is 68.9 Å². The Kier molecular flexibility index (Phi) is 8.24. The van der Waals surface area contributed by atoms with Gasteiger partial charge in [-0.3, -0.25) is 0 Å². The molecule has 0 saturated carbocycles. The molecule has 2 aliphatic rings. The largest absolute Gasteiger partial charge is 0.496 e. The highest BCUT2D eigenvalue weighted by Crippen LogP contribution is 2.42. The molecular weight excluding hydrogens is 478 g/mol. The molecule has 38 heavy (non-hydrogen) atoms. The van der Waals surface area contributed by atoms with Crippen LogP contribution in [0.25, 0.3) is 16.8 Å². The fraction of sp³-hybridized carbons (Fsp3) is 0.516. The maximum Gasteiger partial charge on any atom is 0.132 e. The van der Waals surface area contributed by atoms with Gasteiger partial charge in [-0.15, -0.1) is 0 Å². The van der Waals surface area contributed by atoms with Crippen LogP contribution in [0.1, 0.15) is 44.9 Å². The van der Waals surface area contributed by atoms with E-state index in [1.807, 2.05) is 26.0 Å². The van der Waals surface area contributed by atoms with Gasteiger partial charge in [-0.25, -0.2) is 4.52 Å². The Balaban J connectivity index is 1.59. The Morgan fingerprint density at radius 1 is 1.05 bits per heavy atom. The van der Waals surface area contributed by atoms with Gasteiger partial charge >= 0.3 is 0 Å². The number of hydrogen-bond acceptors (Lipinski definition) is 6. The second-order valence-electron chi connectivity index (χ2n) is 10.6. The lowest BCUT2D eigenvalue weighted by atomic mass is 9.99. The predicted molar refractivity (Wildman–Crippen MR) is 151 cm³/mol. The number of methoxy groups -OCH3 is 2. The molecule has 0 N–H and O–H groups in total. The number of nitrogens with zero attached hydrogens (tertiary/aromatic N) is 3. The molecule has 0 unspecified atom stereocenters. The molecule has 0 atom stereocenters. The van der Waals surface area contributed by atoms with Crippen LogP contribution in [0, 0.1) is 11.8 Å². The first-order valence-corrected chi connectivity index (χ1v) is 13.9. The smallest absolute Gasteiger partial charge is 0.132 e. The van der Waals surface area contributed by atoms with Crippen LogP contribution in [0.2, 0.25) is 0 Å². The van der Waals surface area contributed by atoms with Crippen LogP contribution in [-0.4, -0.2) is 56.2 Å². The number of ether oxygens (including phenoxy) is 4. The zero-order valence-electron chi connectivity index (χ0n) is 23.4. The van der Waals surface area contributed by atoms with E-state index in [0.29, 0.717) is 18.4 Å². The zero-order valence-corrected chi connectivity index (χ0v) is 23.4. The highest BCUT2D eigenvalue weighted by Gasteiger charge is 2.27. The van der Waals surface area contributed by atoms with E-state index in [9.17, 15) is 0 Å². The molecule has 7 nitrogen and oxygen atoms in total. The first-order valence-electron chi connectivity index (χ1n) is 13.9. The van der Waals surface area contributed by atoms with Crippen LogP contribution < -0.4 is 14.4 Å². The van der Waals surface area contributed by atoms with Gasteiger partial charge in [0, 0.05) is 32.2 Å². The minimum atomic E-state index is 0.144. The molecular formula is C31H41N3O4. The number of pyridine rings is 1. The maximum absolute atomic E-state index is 5.90. The summed E-state index contributed by atoms with van der Waals surface area (Å²) in [4.78, 5) is 2.58. The molecule has 1 aliphatic heterocycles. The Morgan fingerprint density at radius 3 is 2.37 bits per heavy atom. The molecule has 1 fully saturated rings. The normalized spacial score (nSPS) is 15.9. The SMILES string of the molecule is CCc1nn2c(-c3c(OC)cc(COC(C)C)cc3OC)cccc2c1N(CC1C=C1)CC1CCOCC1. The van der Waals surface area contributed by atoms with Crippen molar-refractivity contribution in [2.75, 3.05) is 45.4 Å². The molecule has 0 amide bonds. The van der Waals surface area contributed by atoms with Crippen LogP contribution in [-0.2, 0) is 22.5 Å². The molecule has 0 radical (unpaired) electrons. The minimum absolute atomic E-state index is 0.144. The molecule has 0 bridgehead atoms. The van der Waals surface area contributed by atoms with E-state index >= 15 is 0 Å². The Bertz CT molecular complexity index is 1240. The monoisotopic (exact) mass is 519 g/mol. The molecule has 1 aromatic carbocycles. The molecule has 5 rings (SSSR count). The lowest BCUT2D eigenvalue weighted by Crippen LogP contribution is -2.34. The average molecular weight is 520 g/mol. The third-order valence-corrected chi connectivity index (χ3v) is 7.47. The lowest BCUT2D eigenvalue weighted by Gasteiger charge is -2.31. The number of benzene rings is 1. The van der Waals surface area contributed by atoms with Crippen LogP contribution in [0.3, 0.4) is 0 Å².